The average molecular weight is 270 g/mol. The predicted molar refractivity (Wildman–Crippen MR) is 85.7 cm³/mol. The Balaban J connectivity index is 2.20. The highest BCUT2D eigenvalue weighted by Crippen LogP contribution is 2.31. The number of nitrogens with two attached hydrogens (primary N) is 1. The fourth-order valence-corrected chi connectivity index (χ4v) is 2.02. The Morgan fingerprint density at radius 1 is 1.10 bits per heavy atom. The summed E-state index contributed by atoms with van der Waals surface area (Å²) >= 11 is 0. The monoisotopic (exact) mass is 270 g/mol. The van der Waals surface area contributed by atoms with Crippen LogP contribution in [0.15, 0.2) is 42.5 Å². The summed E-state index contributed by atoms with van der Waals surface area (Å²) in [5, 5.41) is 3.36. The zero-order valence-electron chi connectivity index (χ0n) is 12.1. The zero-order valence-corrected chi connectivity index (χ0v) is 12.1. The van der Waals surface area contributed by atoms with Crippen molar-refractivity contribution >= 4 is 17.1 Å². The van der Waals surface area contributed by atoms with Crippen LogP contribution in [0.2, 0.25) is 0 Å². The molecule has 3 N–H and O–H groups in total. The van der Waals surface area contributed by atoms with Crippen molar-refractivity contribution in [3.63, 3.8) is 0 Å². The van der Waals surface area contributed by atoms with Gasteiger partial charge in [-0.25, -0.2) is 0 Å². The Bertz CT molecular complexity index is 567. The smallest absolute Gasteiger partial charge is 0.144 e. The third-order valence-electron chi connectivity index (χ3n) is 3.14. The molecular weight excluding hydrogens is 248 g/mol. The van der Waals surface area contributed by atoms with E-state index in [1.165, 1.54) is 5.56 Å². The van der Waals surface area contributed by atoms with E-state index in [0.29, 0.717) is 12.3 Å². The maximum Gasteiger partial charge on any atom is 0.144 e. The number of rotatable bonds is 6. The van der Waals surface area contributed by atoms with Crippen molar-refractivity contribution in [3.8, 4) is 5.75 Å². The molecule has 20 heavy (non-hydrogen) atoms. The van der Waals surface area contributed by atoms with Crippen LogP contribution in [0.25, 0.3) is 0 Å². The van der Waals surface area contributed by atoms with E-state index in [4.69, 9.17) is 10.5 Å². The molecule has 3 nitrogen and oxygen atoms in total. The van der Waals surface area contributed by atoms with E-state index < -0.39 is 0 Å². The van der Waals surface area contributed by atoms with Crippen LogP contribution in [0.4, 0.5) is 17.1 Å². The Morgan fingerprint density at radius 3 is 2.65 bits per heavy atom. The van der Waals surface area contributed by atoms with Crippen molar-refractivity contribution in [3.05, 3.63) is 48.0 Å². The van der Waals surface area contributed by atoms with Crippen LogP contribution < -0.4 is 15.8 Å². The number of anilines is 3. The molecular formula is C17H22N2O. The van der Waals surface area contributed by atoms with E-state index in [0.717, 1.165) is 30.0 Å². The van der Waals surface area contributed by atoms with E-state index in [1.807, 2.05) is 24.3 Å². The van der Waals surface area contributed by atoms with Crippen molar-refractivity contribution in [1.82, 2.24) is 0 Å². The molecule has 106 valence electrons. The van der Waals surface area contributed by atoms with Gasteiger partial charge in [0, 0.05) is 5.69 Å². The summed E-state index contributed by atoms with van der Waals surface area (Å²) in [6.45, 7) is 4.90. The van der Waals surface area contributed by atoms with Crippen LogP contribution in [0, 0.1) is 0 Å². The summed E-state index contributed by atoms with van der Waals surface area (Å²) in [6.07, 6.45) is 1.99. The second kappa shape index (κ2) is 6.85. The fraction of sp³-hybridized carbons (Fsp3) is 0.294. The number of benzene rings is 2. The number of hydrogen-bond acceptors (Lipinski definition) is 3. The molecule has 0 bridgehead atoms. The molecule has 0 radical (unpaired) electrons. The molecule has 0 heterocycles. The Hall–Kier alpha value is -2.16. The normalized spacial score (nSPS) is 10.3. The molecule has 0 fully saturated rings. The molecule has 0 amide bonds. The van der Waals surface area contributed by atoms with Gasteiger partial charge in [-0.15, -0.1) is 0 Å². The summed E-state index contributed by atoms with van der Waals surface area (Å²) in [6, 6.07) is 14.2. The van der Waals surface area contributed by atoms with E-state index in [1.54, 1.807) is 0 Å². The van der Waals surface area contributed by atoms with E-state index in [-0.39, 0.29) is 0 Å². The van der Waals surface area contributed by atoms with Gasteiger partial charge in [0.1, 0.15) is 5.75 Å². The third kappa shape index (κ3) is 3.44. The van der Waals surface area contributed by atoms with Crippen molar-refractivity contribution in [2.45, 2.75) is 26.7 Å². The number of nitrogens with one attached hydrogen (secondary N) is 1. The van der Waals surface area contributed by atoms with Crippen LogP contribution in [-0.2, 0) is 6.42 Å². The van der Waals surface area contributed by atoms with E-state index in [2.05, 4.69) is 37.4 Å². The lowest BCUT2D eigenvalue weighted by molar-refractivity contribution is 0.319. The minimum absolute atomic E-state index is 0.655. The minimum Gasteiger partial charge on any atom is -0.491 e. The first-order valence-corrected chi connectivity index (χ1v) is 7.11. The summed E-state index contributed by atoms with van der Waals surface area (Å²) in [5.41, 5.74) is 10.0. The summed E-state index contributed by atoms with van der Waals surface area (Å²) in [7, 11) is 0. The molecule has 2 aromatic carbocycles. The zero-order chi connectivity index (χ0) is 14.4. The second-order valence-electron chi connectivity index (χ2n) is 4.74. The third-order valence-corrected chi connectivity index (χ3v) is 3.14. The fourth-order valence-electron chi connectivity index (χ4n) is 2.02. The molecule has 0 aliphatic rings. The van der Waals surface area contributed by atoms with Crippen LogP contribution in [0.1, 0.15) is 25.8 Å². The van der Waals surface area contributed by atoms with Crippen molar-refractivity contribution in [2.24, 2.45) is 0 Å². The molecule has 2 aromatic rings. The SMILES string of the molecule is CCCOc1cccc(Nc2cccc(CC)c2)c1N. The van der Waals surface area contributed by atoms with Gasteiger partial charge in [-0.3, -0.25) is 0 Å². The lowest BCUT2D eigenvalue weighted by atomic mass is 10.1. The highest BCUT2D eigenvalue weighted by molar-refractivity contribution is 5.77. The van der Waals surface area contributed by atoms with Crippen molar-refractivity contribution in [2.75, 3.05) is 17.7 Å². The van der Waals surface area contributed by atoms with Gasteiger partial charge in [0.25, 0.3) is 0 Å². The van der Waals surface area contributed by atoms with Crippen molar-refractivity contribution in [1.29, 1.82) is 0 Å². The summed E-state index contributed by atoms with van der Waals surface area (Å²) in [5.74, 6) is 0.739. The maximum atomic E-state index is 6.15. The lowest BCUT2D eigenvalue weighted by Gasteiger charge is -2.14. The molecule has 0 aromatic heterocycles. The first-order valence-electron chi connectivity index (χ1n) is 7.11. The first-order chi connectivity index (χ1) is 9.74. The molecule has 0 aliphatic carbocycles. The second-order valence-corrected chi connectivity index (χ2v) is 4.74. The standard InChI is InChI=1S/C17H22N2O/c1-3-11-20-16-10-6-9-15(17(16)18)19-14-8-5-7-13(4-2)12-14/h5-10,12,19H,3-4,11,18H2,1-2H3. The molecule has 0 aliphatic heterocycles. The van der Waals surface area contributed by atoms with Gasteiger partial charge in [0.2, 0.25) is 0 Å². The van der Waals surface area contributed by atoms with Crippen LogP contribution in [-0.4, -0.2) is 6.61 Å². The Labute approximate surface area is 120 Å². The van der Waals surface area contributed by atoms with Crippen LogP contribution in [0.3, 0.4) is 0 Å². The van der Waals surface area contributed by atoms with Gasteiger partial charge >= 0.3 is 0 Å². The molecule has 2 rings (SSSR count). The molecule has 0 atom stereocenters. The highest BCUT2D eigenvalue weighted by Gasteiger charge is 2.06. The number of hydrogen-bond donors (Lipinski definition) is 2. The maximum absolute atomic E-state index is 6.15. The number of aryl methyl sites for hydroxylation is 1. The van der Waals surface area contributed by atoms with Gasteiger partial charge in [-0.2, -0.15) is 0 Å². The Morgan fingerprint density at radius 2 is 1.90 bits per heavy atom. The minimum atomic E-state index is 0.655. The quantitative estimate of drug-likeness (QED) is 0.766. The number of para-hydroxylation sites is 1. The van der Waals surface area contributed by atoms with Gasteiger partial charge < -0.3 is 15.8 Å². The predicted octanol–water partition coefficient (Wildman–Crippen LogP) is 4.36. The highest BCUT2D eigenvalue weighted by atomic mass is 16.5. The van der Waals surface area contributed by atoms with Crippen molar-refractivity contribution < 1.29 is 4.74 Å². The average Bonchev–Trinajstić information content (AvgIpc) is 2.48. The molecule has 0 saturated carbocycles. The number of ether oxygens (including phenoxy) is 1. The topological polar surface area (TPSA) is 47.3 Å². The van der Waals surface area contributed by atoms with Gasteiger partial charge in [0.05, 0.1) is 18.0 Å². The molecule has 0 unspecified atom stereocenters. The molecule has 0 saturated heterocycles. The van der Waals surface area contributed by atoms with Crippen LogP contribution in [0.5, 0.6) is 5.75 Å². The van der Waals surface area contributed by atoms with Gasteiger partial charge in [-0.1, -0.05) is 32.0 Å². The summed E-state index contributed by atoms with van der Waals surface area (Å²) in [4.78, 5) is 0. The van der Waals surface area contributed by atoms with Crippen LogP contribution >= 0.6 is 0 Å². The Kier molecular flexibility index (Phi) is 4.88. The van der Waals surface area contributed by atoms with Gasteiger partial charge in [0.15, 0.2) is 0 Å². The lowest BCUT2D eigenvalue weighted by Crippen LogP contribution is -2.02. The molecule has 0 spiro atoms. The van der Waals surface area contributed by atoms with Gasteiger partial charge in [-0.05, 0) is 42.7 Å². The van der Waals surface area contributed by atoms with E-state index >= 15 is 0 Å². The number of nitrogen functional groups attached to an aromatic ring is 1. The molecule has 3 heteroatoms. The largest absolute Gasteiger partial charge is 0.491 e. The first kappa shape index (κ1) is 14.3. The summed E-state index contributed by atoms with van der Waals surface area (Å²) < 4.78 is 5.64. The van der Waals surface area contributed by atoms with E-state index in [9.17, 15) is 0 Å².